The molecule has 1 amide bonds. The van der Waals surface area contributed by atoms with Crippen molar-refractivity contribution in [2.45, 2.75) is 0 Å². The van der Waals surface area contributed by atoms with E-state index in [0.717, 1.165) is 0 Å². The fourth-order valence-corrected chi connectivity index (χ4v) is 2.22. The molecule has 0 aliphatic carbocycles. The normalized spacial score (nSPS) is 10.3. The molecule has 20 heavy (non-hydrogen) atoms. The predicted molar refractivity (Wildman–Crippen MR) is 77.4 cm³/mol. The third kappa shape index (κ3) is 2.92. The number of rotatable bonds is 3. The first-order valence-electron chi connectivity index (χ1n) is 5.52. The topological polar surface area (TPSA) is 80.4 Å². The summed E-state index contributed by atoms with van der Waals surface area (Å²) in [5.74, 6) is -1.74. The second kappa shape index (κ2) is 5.53. The third-order valence-corrected chi connectivity index (χ3v) is 3.26. The molecule has 0 unspecified atom stereocenters. The lowest BCUT2D eigenvalue weighted by atomic mass is 10.0. The Morgan fingerprint density at radius 1 is 1.00 bits per heavy atom. The summed E-state index contributed by atoms with van der Waals surface area (Å²) in [6.45, 7) is 0. The first-order valence-corrected chi connectivity index (χ1v) is 6.27. The van der Waals surface area contributed by atoms with Crippen molar-refractivity contribution in [2.75, 3.05) is 0 Å². The van der Waals surface area contributed by atoms with E-state index in [1.54, 1.807) is 12.1 Å². The van der Waals surface area contributed by atoms with Crippen molar-refractivity contribution in [3.63, 3.8) is 0 Å². The van der Waals surface area contributed by atoms with Gasteiger partial charge in [-0.2, -0.15) is 0 Å². The molecule has 0 aliphatic rings. The lowest BCUT2D eigenvalue weighted by Crippen LogP contribution is -2.11. The number of carboxylic acids is 1. The molecule has 0 radical (unpaired) electrons. The monoisotopic (exact) mass is 309 g/mol. The molecular weight excluding hydrogens is 301 g/mol. The van der Waals surface area contributed by atoms with Crippen molar-refractivity contribution in [1.82, 2.24) is 0 Å². The van der Waals surface area contributed by atoms with Gasteiger partial charge in [0.2, 0.25) is 5.91 Å². The Hall–Kier alpha value is -2.04. The average molecular weight is 310 g/mol. The molecule has 0 atom stereocenters. The molecule has 0 aromatic heterocycles. The van der Waals surface area contributed by atoms with Gasteiger partial charge in [0.25, 0.3) is 0 Å². The van der Waals surface area contributed by atoms with E-state index in [1.807, 2.05) is 0 Å². The Balaban J connectivity index is 2.59. The number of amides is 1. The Morgan fingerprint density at radius 2 is 1.70 bits per heavy atom. The van der Waals surface area contributed by atoms with Gasteiger partial charge in [-0.15, -0.1) is 0 Å². The molecule has 6 heteroatoms. The van der Waals surface area contributed by atoms with Crippen molar-refractivity contribution < 1.29 is 14.7 Å². The number of hydrogen-bond acceptors (Lipinski definition) is 2. The summed E-state index contributed by atoms with van der Waals surface area (Å²) in [5, 5.41) is 9.54. The van der Waals surface area contributed by atoms with Gasteiger partial charge in [0.1, 0.15) is 0 Å². The van der Waals surface area contributed by atoms with Crippen LogP contribution in [0, 0.1) is 0 Å². The van der Waals surface area contributed by atoms with E-state index in [4.69, 9.17) is 34.0 Å². The standard InChI is InChI=1S/C14H9Cl2NO3/c15-10-4-8(3-9(5-10)14(19)20)7-1-2-12(16)11(6-7)13(17)18/h1-6H,(H2,17,18)(H,19,20). The minimum Gasteiger partial charge on any atom is -0.478 e. The van der Waals surface area contributed by atoms with Crippen molar-refractivity contribution in [1.29, 1.82) is 0 Å². The second-order valence-electron chi connectivity index (χ2n) is 4.09. The van der Waals surface area contributed by atoms with E-state index in [9.17, 15) is 9.59 Å². The van der Waals surface area contributed by atoms with Crippen molar-refractivity contribution in [2.24, 2.45) is 5.73 Å². The highest BCUT2D eigenvalue weighted by Crippen LogP contribution is 2.28. The maximum absolute atomic E-state index is 11.3. The van der Waals surface area contributed by atoms with Gasteiger partial charge in [0.05, 0.1) is 16.1 Å². The molecule has 3 N–H and O–H groups in total. The Bertz CT molecular complexity index is 714. The molecule has 2 rings (SSSR count). The fraction of sp³-hybridized carbons (Fsp3) is 0. The smallest absolute Gasteiger partial charge is 0.335 e. The van der Waals surface area contributed by atoms with Gasteiger partial charge in [-0.05, 0) is 41.5 Å². The average Bonchev–Trinajstić information content (AvgIpc) is 2.38. The summed E-state index contributed by atoms with van der Waals surface area (Å²) >= 11 is 11.8. The number of benzene rings is 2. The van der Waals surface area contributed by atoms with E-state index in [-0.39, 0.29) is 21.2 Å². The number of carboxylic acid groups (broad SMARTS) is 1. The number of hydrogen-bond donors (Lipinski definition) is 2. The quantitative estimate of drug-likeness (QED) is 0.911. The van der Waals surface area contributed by atoms with Gasteiger partial charge in [-0.1, -0.05) is 29.3 Å². The summed E-state index contributed by atoms with van der Waals surface area (Å²) in [6, 6.07) is 9.09. The van der Waals surface area contributed by atoms with Crippen LogP contribution >= 0.6 is 23.2 Å². The lowest BCUT2D eigenvalue weighted by Gasteiger charge is -2.07. The van der Waals surface area contributed by atoms with Crippen molar-refractivity contribution >= 4 is 35.1 Å². The van der Waals surface area contributed by atoms with Crippen LogP contribution < -0.4 is 5.73 Å². The van der Waals surface area contributed by atoms with E-state index in [1.165, 1.54) is 24.3 Å². The number of aromatic carboxylic acids is 1. The number of carbonyl (C=O) groups is 2. The zero-order valence-electron chi connectivity index (χ0n) is 10.1. The zero-order valence-corrected chi connectivity index (χ0v) is 11.6. The van der Waals surface area contributed by atoms with E-state index in [0.29, 0.717) is 11.1 Å². The Labute approximate surface area is 124 Å². The van der Waals surface area contributed by atoms with Gasteiger partial charge in [-0.3, -0.25) is 4.79 Å². The van der Waals surface area contributed by atoms with Crippen LogP contribution in [0.3, 0.4) is 0 Å². The molecule has 4 nitrogen and oxygen atoms in total. The van der Waals surface area contributed by atoms with Gasteiger partial charge >= 0.3 is 5.97 Å². The van der Waals surface area contributed by atoms with Crippen LogP contribution in [0.1, 0.15) is 20.7 Å². The molecule has 0 saturated carbocycles. The summed E-state index contributed by atoms with van der Waals surface area (Å²) in [4.78, 5) is 22.3. The molecule has 0 bridgehead atoms. The largest absolute Gasteiger partial charge is 0.478 e. The maximum Gasteiger partial charge on any atom is 0.335 e. The number of primary amides is 1. The van der Waals surface area contributed by atoms with Crippen LogP contribution in [0.5, 0.6) is 0 Å². The molecule has 2 aromatic rings. The number of nitrogens with two attached hydrogens (primary N) is 1. The third-order valence-electron chi connectivity index (χ3n) is 2.71. The van der Waals surface area contributed by atoms with Gasteiger partial charge < -0.3 is 10.8 Å². The minimum atomic E-state index is -1.09. The van der Waals surface area contributed by atoms with Crippen LogP contribution in [0.15, 0.2) is 36.4 Å². The Kier molecular flexibility index (Phi) is 3.97. The molecule has 0 spiro atoms. The summed E-state index contributed by atoms with van der Waals surface area (Å²) in [7, 11) is 0. The molecule has 0 saturated heterocycles. The van der Waals surface area contributed by atoms with Gasteiger partial charge in [0.15, 0.2) is 0 Å². The number of carbonyl (C=O) groups excluding carboxylic acids is 1. The summed E-state index contributed by atoms with van der Waals surface area (Å²) in [5.41, 5.74) is 6.62. The molecule has 0 aliphatic heterocycles. The highest BCUT2D eigenvalue weighted by molar-refractivity contribution is 6.34. The minimum absolute atomic E-state index is 0.0584. The molecular formula is C14H9Cl2NO3. The highest BCUT2D eigenvalue weighted by atomic mass is 35.5. The van der Waals surface area contributed by atoms with Crippen LogP contribution in [0.25, 0.3) is 11.1 Å². The lowest BCUT2D eigenvalue weighted by molar-refractivity contribution is 0.0696. The number of halogens is 2. The predicted octanol–water partition coefficient (Wildman–Crippen LogP) is 3.46. The van der Waals surface area contributed by atoms with E-state index >= 15 is 0 Å². The molecule has 2 aromatic carbocycles. The van der Waals surface area contributed by atoms with E-state index < -0.39 is 11.9 Å². The molecule has 0 fully saturated rings. The summed E-state index contributed by atoms with van der Waals surface area (Å²) in [6.07, 6.45) is 0. The van der Waals surface area contributed by atoms with E-state index in [2.05, 4.69) is 0 Å². The fourth-order valence-electron chi connectivity index (χ4n) is 1.77. The van der Waals surface area contributed by atoms with Crippen LogP contribution in [-0.2, 0) is 0 Å². The first-order chi connectivity index (χ1) is 9.38. The summed E-state index contributed by atoms with van der Waals surface area (Å²) < 4.78 is 0. The Morgan fingerprint density at radius 3 is 2.30 bits per heavy atom. The SMILES string of the molecule is NC(=O)c1cc(-c2cc(Cl)cc(C(=O)O)c2)ccc1Cl. The van der Waals surface area contributed by atoms with Gasteiger partial charge in [0, 0.05) is 5.02 Å². The maximum atomic E-state index is 11.3. The molecule has 0 heterocycles. The molecule has 102 valence electrons. The van der Waals surface area contributed by atoms with Crippen LogP contribution in [0.4, 0.5) is 0 Å². The van der Waals surface area contributed by atoms with Gasteiger partial charge in [-0.25, -0.2) is 4.79 Å². The van der Waals surface area contributed by atoms with Crippen LogP contribution in [-0.4, -0.2) is 17.0 Å². The van der Waals surface area contributed by atoms with Crippen molar-refractivity contribution in [3.05, 3.63) is 57.6 Å². The van der Waals surface area contributed by atoms with Crippen LogP contribution in [0.2, 0.25) is 10.0 Å². The highest BCUT2D eigenvalue weighted by Gasteiger charge is 2.11. The second-order valence-corrected chi connectivity index (χ2v) is 4.94. The first kappa shape index (κ1) is 14.4. The zero-order chi connectivity index (χ0) is 14.9. The van der Waals surface area contributed by atoms with Crippen molar-refractivity contribution in [3.8, 4) is 11.1 Å².